The van der Waals surface area contributed by atoms with Crippen molar-refractivity contribution in [3.05, 3.63) is 28.2 Å². The van der Waals surface area contributed by atoms with Gasteiger partial charge < -0.3 is 14.7 Å². The summed E-state index contributed by atoms with van der Waals surface area (Å²) >= 11 is 3.42. The third-order valence-corrected chi connectivity index (χ3v) is 3.99. The summed E-state index contributed by atoms with van der Waals surface area (Å²) in [6.45, 7) is 6.05. The molecule has 2 rings (SSSR count). The first kappa shape index (κ1) is 14.8. The molecule has 1 saturated heterocycles. The normalized spacial score (nSPS) is 17.6. The Morgan fingerprint density at radius 3 is 2.79 bits per heavy atom. The van der Waals surface area contributed by atoms with Gasteiger partial charge in [0.1, 0.15) is 5.75 Å². The van der Waals surface area contributed by atoms with Gasteiger partial charge in [0.2, 0.25) is 0 Å². The van der Waals surface area contributed by atoms with Crippen molar-refractivity contribution in [3.63, 3.8) is 0 Å². The van der Waals surface area contributed by atoms with Gasteiger partial charge in [0.05, 0.1) is 12.7 Å². The third kappa shape index (κ3) is 4.48. The van der Waals surface area contributed by atoms with Crippen LogP contribution in [-0.2, 0) is 0 Å². The first-order valence-electron chi connectivity index (χ1n) is 6.99. The largest absolute Gasteiger partial charge is 0.493 e. The maximum Gasteiger partial charge on any atom is 0.125 e. The van der Waals surface area contributed by atoms with Crippen molar-refractivity contribution < 1.29 is 9.84 Å². The van der Waals surface area contributed by atoms with Crippen LogP contribution < -0.4 is 4.74 Å². The number of halogens is 1. The minimum atomic E-state index is -0.508. The Morgan fingerprint density at radius 1 is 1.37 bits per heavy atom. The molecule has 106 valence electrons. The summed E-state index contributed by atoms with van der Waals surface area (Å²) in [5, 5.41) is 9.75. The van der Waals surface area contributed by atoms with Crippen LogP contribution in [0.3, 0.4) is 0 Å². The van der Waals surface area contributed by atoms with E-state index in [0.29, 0.717) is 6.61 Å². The zero-order chi connectivity index (χ0) is 13.7. The number of aliphatic hydroxyl groups excluding tert-OH is 1. The lowest BCUT2D eigenvalue weighted by atomic mass is 10.1. The Labute approximate surface area is 123 Å². The molecule has 0 unspecified atom stereocenters. The van der Waals surface area contributed by atoms with Crippen LogP contribution in [0.4, 0.5) is 0 Å². The standard InChI is InChI=1S/C15H22BrNO2/c1-12(18)14-11-13(16)5-6-15(14)19-10-4-9-17-7-2-3-8-17/h5-6,11-12,18H,2-4,7-10H2,1H3/t12-/m0/s1. The quantitative estimate of drug-likeness (QED) is 0.813. The smallest absolute Gasteiger partial charge is 0.125 e. The van der Waals surface area contributed by atoms with Gasteiger partial charge in [-0.1, -0.05) is 15.9 Å². The molecule has 0 amide bonds. The van der Waals surface area contributed by atoms with Crippen LogP contribution in [0.5, 0.6) is 5.75 Å². The van der Waals surface area contributed by atoms with Crippen molar-refractivity contribution >= 4 is 15.9 Å². The van der Waals surface area contributed by atoms with E-state index in [1.54, 1.807) is 6.92 Å². The average molecular weight is 328 g/mol. The van der Waals surface area contributed by atoms with E-state index in [0.717, 1.165) is 28.8 Å². The highest BCUT2D eigenvalue weighted by atomic mass is 79.9. The molecular weight excluding hydrogens is 306 g/mol. The predicted molar refractivity (Wildman–Crippen MR) is 80.6 cm³/mol. The summed E-state index contributed by atoms with van der Waals surface area (Å²) in [4.78, 5) is 2.49. The third-order valence-electron chi connectivity index (χ3n) is 3.50. The molecule has 1 fully saturated rings. The van der Waals surface area contributed by atoms with Crippen molar-refractivity contribution in [2.24, 2.45) is 0 Å². The molecule has 1 aliphatic rings. The molecule has 0 aliphatic carbocycles. The molecule has 1 N–H and O–H groups in total. The molecular formula is C15H22BrNO2. The monoisotopic (exact) mass is 327 g/mol. The summed E-state index contributed by atoms with van der Waals surface area (Å²) in [6, 6.07) is 5.78. The highest BCUT2D eigenvalue weighted by Gasteiger charge is 2.12. The second-order valence-electron chi connectivity index (χ2n) is 5.11. The Kier molecular flexibility index (Phi) is 5.67. The number of ether oxygens (including phenoxy) is 1. The van der Waals surface area contributed by atoms with Crippen LogP contribution in [0.1, 0.15) is 37.9 Å². The van der Waals surface area contributed by atoms with Gasteiger partial charge in [-0.25, -0.2) is 0 Å². The van der Waals surface area contributed by atoms with Crippen molar-refractivity contribution in [2.45, 2.75) is 32.3 Å². The molecule has 1 heterocycles. The lowest BCUT2D eigenvalue weighted by Crippen LogP contribution is -2.22. The summed E-state index contributed by atoms with van der Waals surface area (Å²) < 4.78 is 6.77. The Hall–Kier alpha value is -0.580. The number of hydrogen-bond donors (Lipinski definition) is 1. The maximum absolute atomic E-state index is 9.75. The number of hydrogen-bond acceptors (Lipinski definition) is 3. The molecule has 1 aromatic rings. The topological polar surface area (TPSA) is 32.7 Å². The highest BCUT2D eigenvalue weighted by Crippen LogP contribution is 2.28. The maximum atomic E-state index is 9.75. The van der Waals surface area contributed by atoms with E-state index < -0.39 is 6.10 Å². The summed E-state index contributed by atoms with van der Waals surface area (Å²) in [5.74, 6) is 0.791. The molecule has 3 nitrogen and oxygen atoms in total. The predicted octanol–water partition coefficient (Wildman–Crippen LogP) is 3.37. The molecule has 0 aromatic heterocycles. The van der Waals surface area contributed by atoms with Crippen molar-refractivity contribution in [1.82, 2.24) is 4.90 Å². The molecule has 4 heteroatoms. The Bertz CT molecular complexity index is 403. The van der Waals surface area contributed by atoms with Gasteiger partial charge in [0, 0.05) is 16.6 Å². The van der Waals surface area contributed by atoms with E-state index in [1.807, 2.05) is 18.2 Å². The fourth-order valence-corrected chi connectivity index (χ4v) is 2.83. The van der Waals surface area contributed by atoms with E-state index in [-0.39, 0.29) is 0 Å². The molecule has 1 aromatic carbocycles. The van der Waals surface area contributed by atoms with E-state index in [1.165, 1.54) is 25.9 Å². The van der Waals surface area contributed by atoms with Crippen LogP contribution >= 0.6 is 15.9 Å². The first-order valence-corrected chi connectivity index (χ1v) is 7.79. The van der Waals surface area contributed by atoms with Gasteiger partial charge in [-0.05, 0) is 57.5 Å². The van der Waals surface area contributed by atoms with Crippen LogP contribution in [-0.4, -0.2) is 36.2 Å². The molecule has 0 spiro atoms. The molecule has 0 saturated carbocycles. The van der Waals surface area contributed by atoms with E-state index in [4.69, 9.17) is 4.74 Å². The zero-order valence-corrected chi connectivity index (χ0v) is 13.0. The number of aliphatic hydroxyl groups is 1. The van der Waals surface area contributed by atoms with Crippen LogP contribution in [0.15, 0.2) is 22.7 Å². The minimum absolute atomic E-state index is 0.508. The lowest BCUT2D eigenvalue weighted by molar-refractivity contribution is 0.189. The molecule has 0 bridgehead atoms. The first-order chi connectivity index (χ1) is 9.16. The van der Waals surface area contributed by atoms with Gasteiger partial charge in [0.15, 0.2) is 0 Å². The summed E-state index contributed by atoms with van der Waals surface area (Å²) in [6.07, 6.45) is 3.19. The fraction of sp³-hybridized carbons (Fsp3) is 0.600. The second kappa shape index (κ2) is 7.27. The van der Waals surface area contributed by atoms with Crippen molar-refractivity contribution in [1.29, 1.82) is 0 Å². The van der Waals surface area contributed by atoms with Crippen LogP contribution in [0.2, 0.25) is 0 Å². The second-order valence-corrected chi connectivity index (χ2v) is 6.02. The number of rotatable bonds is 6. The molecule has 1 atom stereocenters. The number of likely N-dealkylation sites (tertiary alicyclic amines) is 1. The molecule has 0 radical (unpaired) electrons. The van der Waals surface area contributed by atoms with Crippen LogP contribution in [0.25, 0.3) is 0 Å². The van der Waals surface area contributed by atoms with Gasteiger partial charge in [-0.2, -0.15) is 0 Å². The van der Waals surface area contributed by atoms with E-state index in [9.17, 15) is 5.11 Å². The van der Waals surface area contributed by atoms with E-state index in [2.05, 4.69) is 20.8 Å². The highest BCUT2D eigenvalue weighted by molar-refractivity contribution is 9.10. The fourth-order valence-electron chi connectivity index (χ4n) is 2.45. The Morgan fingerprint density at radius 2 is 2.11 bits per heavy atom. The van der Waals surface area contributed by atoms with E-state index >= 15 is 0 Å². The van der Waals surface area contributed by atoms with Crippen molar-refractivity contribution in [3.8, 4) is 5.75 Å². The van der Waals surface area contributed by atoms with Gasteiger partial charge in [-0.3, -0.25) is 0 Å². The van der Waals surface area contributed by atoms with Gasteiger partial charge in [-0.15, -0.1) is 0 Å². The summed E-state index contributed by atoms with van der Waals surface area (Å²) in [5.41, 5.74) is 0.843. The van der Waals surface area contributed by atoms with Crippen LogP contribution in [0, 0.1) is 0 Å². The Balaban J connectivity index is 1.81. The molecule has 1 aliphatic heterocycles. The summed E-state index contributed by atoms with van der Waals surface area (Å²) in [7, 11) is 0. The van der Waals surface area contributed by atoms with Gasteiger partial charge in [0.25, 0.3) is 0 Å². The van der Waals surface area contributed by atoms with Crippen molar-refractivity contribution in [2.75, 3.05) is 26.2 Å². The number of benzene rings is 1. The average Bonchev–Trinajstić information content (AvgIpc) is 2.89. The SMILES string of the molecule is C[C@H](O)c1cc(Br)ccc1OCCCN1CCCC1. The lowest BCUT2D eigenvalue weighted by Gasteiger charge is -2.16. The zero-order valence-electron chi connectivity index (χ0n) is 11.4. The number of nitrogens with zero attached hydrogens (tertiary/aromatic N) is 1. The minimum Gasteiger partial charge on any atom is -0.493 e. The molecule has 19 heavy (non-hydrogen) atoms. The van der Waals surface area contributed by atoms with Gasteiger partial charge >= 0.3 is 0 Å².